The molecule has 1 aliphatic rings. The Morgan fingerprint density at radius 2 is 2.05 bits per heavy atom. The van der Waals surface area contributed by atoms with Crippen molar-refractivity contribution < 1.29 is 9.13 Å². The van der Waals surface area contributed by atoms with Crippen molar-refractivity contribution in [2.24, 2.45) is 0 Å². The SMILES string of the molecule is CCCNC(C)c1cc(F)ccc1OC1CCCCC1. The fourth-order valence-electron chi connectivity index (χ4n) is 2.80. The molecular formula is C17H26FNO. The second kappa shape index (κ2) is 7.63. The van der Waals surface area contributed by atoms with Crippen molar-refractivity contribution in [3.05, 3.63) is 29.6 Å². The first-order chi connectivity index (χ1) is 9.70. The van der Waals surface area contributed by atoms with E-state index in [4.69, 9.17) is 4.74 Å². The van der Waals surface area contributed by atoms with Crippen LogP contribution in [0.15, 0.2) is 18.2 Å². The lowest BCUT2D eigenvalue weighted by atomic mass is 9.97. The average Bonchev–Trinajstić information content (AvgIpc) is 2.47. The number of nitrogens with one attached hydrogen (secondary N) is 1. The molecule has 1 aromatic rings. The Labute approximate surface area is 121 Å². The molecule has 112 valence electrons. The van der Waals surface area contributed by atoms with Gasteiger partial charge in [0, 0.05) is 11.6 Å². The number of hydrogen-bond acceptors (Lipinski definition) is 2. The molecule has 1 atom stereocenters. The van der Waals surface area contributed by atoms with Crippen molar-refractivity contribution in [2.75, 3.05) is 6.54 Å². The number of rotatable bonds is 6. The summed E-state index contributed by atoms with van der Waals surface area (Å²) in [5.74, 6) is 0.649. The second-order valence-electron chi connectivity index (χ2n) is 5.74. The highest BCUT2D eigenvalue weighted by atomic mass is 19.1. The van der Waals surface area contributed by atoms with Gasteiger partial charge in [0.2, 0.25) is 0 Å². The van der Waals surface area contributed by atoms with Gasteiger partial charge >= 0.3 is 0 Å². The lowest BCUT2D eigenvalue weighted by Gasteiger charge is -2.26. The van der Waals surface area contributed by atoms with Gasteiger partial charge in [-0.05, 0) is 63.8 Å². The first-order valence-electron chi connectivity index (χ1n) is 7.90. The van der Waals surface area contributed by atoms with Gasteiger partial charge in [0.15, 0.2) is 0 Å². The van der Waals surface area contributed by atoms with Crippen molar-refractivity contribution in [3.63, 3.8) is 0 Å². The summed E-state index contributed by atoms with van der Waals surface area (Å²) in [6, 6.07) is 4.99. The van der Waals surface area contributed by atoms with Crippen LogP contribution in [0.2, 0.25) is 0 Å². The molecule has 0 saturated heterocycles. The molecule has 0 spiro atoms. The van der Waals surface area contributed by atoms with Crippen LogP contribution in [0, 0.1) is 5.82 Å². The van der Waals surface area contributed by atoms with Crippen molar-refractivity contribution in [2.45, 2.75) is 64.5 Å². The van der Waals surface area contributed by atoms with E-state index in [1.165, 1.54) is 25.3 Å². The van der Waals surface area contributed by atoms with E-state index in [1.54, 1.807) is 12.1 Å². The standard InChI is InChI=1S/C17H26FNO/c1-3-11-19-13(2)16-12-14(18)9-10-17(16)20-15-7-5-4-6-8-15/h9-10,12-13,15,19H,3-8,11H2,1-2H3. The molecule has 1 N–H and O–H groups in total. The Bertz CT molecular complexity index is 415. The first-order valence-corrected chi connectivity index (χ1v) is 7.90. The Morgan fingerprint density at radius 3 is 2.75 bits per heavy atom. The van der Waals surface area contributed by atoms with E-state index in [2.05, 4.69) is 19.2 Å². The molecule has 1 unspecified atom stereocenters. The van der Waals surface area contributed by atoms with Crippen molar-refractivity contribution in [3.8, 4) is 5.75 Å². The fourth-order valence-corrected chi connectivity index (χ4v) is 2.80. The van der Waals surface area contributed by atoms with Crippen LogP contribution < -0.4 is 10.1 Å². The van der Waals surface area contributed by atoms with Gasteiger partial charge in [-0.15, -0.1) is 0 Å². The molecule has 0 radical (unpaired) electrons. The molecule has 2 nitrogen and oxygen atoms in total. The molecule has 2 rings (SSSR count). The second-order valence-corrected chi connectivity index (χ2v) is 5.74. The Hall–Kier alpha value is -1.09. The van der Waals surface area contributed by atoms with E-state index >= 15 is 0 Å². The van der Waals surface area contributed by atoms with E-state index in [-0.39, 0.29) is 11.9 Å². The van der Waals surface area contributed by atoms with Crippen molar-refractivity contribution in [1.82, 2.24) is 5.32 Å². The Balaban J connectivity index is 2.09. The minimum Gasteiger partial charge on any atom is -0.490 e. The maximum absolute atomic E-state index is 13.5. The third kappa shape index (κ3) is 4.20. The maximum atomic E-state index is 13.5. The number of hydrogen-bond donors (Lipinski definition) is 1. The lowest BCUT2D eigenvalue weighted by Crippen LogP contribution is -2.23. The van der Waals surface area contributed by atoms with E-state index in [0.717, 1.165) is 37.1 Å². The summed E-state index contributed by atoms with van der Waals surface area (Å²) in [6.07, 6.45) is 7.39. The third-order valence-electron chi connectivity index (χ3n) is 3.98. The van der Waals surface area contributed by atoms with Crippen LogP contribution >= 0.6 is 0 Å². The summed E-state index contributed by atoms with van der Waals surface area (Å²) in [7, 11) is 0. The topological polar surface area (TPSA) is 21.3 Å². The zero-order valence-corrected chi connectivity index (χ0v) is 12.6. The predicted molar refractivity (Wildman–Crippen MR) is 80.6 cm³/mol. The molecule has 0 aromatic heterocycles. The Kier molecular flexibility index (Phi) is 5.84. The monoisotopic (exact) mass is 279 g/mol. The molecule has 1 saturated carbocycles. The van der Waals surface area contributed by atoms with Crippen LogP contribution in [-0.4, -0.2) is 12.6 Å². The van der Waals surface area contributed by atoms with Gasteiger partial charge in [0.25, 0.3) is 0 Å². The minimum absolute atomic E-state index is 0.115. The fraction of sp³-hybridized carbons (Fsp3) is 0.647. The van der Waals surface area contributed by atoms with Crippen LogP contribution in [0.4, 0.5) is 4.39 Å². The molecule has 3 heteroatoms. The van der Waals surface area contributed by atoms with Crippen molar-refractivity contribution in [1.29, 1.82) is 0 Å². The van der Waals surface area contributed by atoms with E-state index in [9.17, 15) is 4.39 Å². The summed E-state index contributed by atoms with van der Waals surface area (Å²) in [4.78, 5) is 0. The lowest BCUT2D eigenvalue weighted by molar-refractivity contribution is 0.152. The molecule has 20 heavy (non-hydrogen) atoms. The summed E-state index contributed by atoms with van der Waals surface area (Å²) in [5, 5.41) is 3.41. The van der Waals surface area contributed by atoms with Crippen molar-refractivity contribution >= 4 is 0 Å². The largest absolute Gasteiger partial charge is 0.490 e. The molecule has 1 fully saturated rings. The van der Waals surface area contributed by atoms with Crippen LogP contribution in [-0.2, 0) is 0 Å². The average molecular weight is 279 g/mol. The predicted octanol–water partition coefficient (Wildman–Crippen LogP) is 4.60. The van der Waals surface area contributed by atoms with Crippen LogP contribution in [0.5, 0.6) is 5.75 Å². The molecule has 0 heterocycles. The number of ether oxygens (including phenoxy) is 1. The highest BCUT2D eigenvalue weighted by Crippen LogP contribution is 2.30. The normalized spacial score (nSPS) is 17.9. The van der Waals surface area contributed by atoms with Crippen LogP contribution in [0.1, 0.15) is 64.0 Å². The molecule has 1 aromatic carbocycles. The zero-order chi connectivity index (χ0) is 14.4. The Morgan fingerprint density at radius 1 is 1.30 bits per heavy atom. The molecular weight excluding hydrogens is 253 g/mol. The number of halogens is 1. The molecule has 0 aliphatic heterocycles. The summed E-state index contributed by atoms with van der Waals surface area (Å²) >= 11 is 0. The summed E-state index contributed by atoms with van der Waals surface area (Å²) in [5.41, 5.74) is 0.934. The minimum atomic E-state index is -0.193. The summed E-state index contributed by atoms with van der Waals surface area (Å²) < 4.78 is 19.7. The van der Waals surface area contributed by atoms with Crippen LogP contribution in [0.3, 0.4) is 0 Å². The molecule has 0 bridgehead atoms. The van der Waals surface area contributed by atoms with Gasteiger partial charge in [-0.2, -0.15) is 0 Å². The van der Waals surface area contributed by atoms with Gasteiger partial charge in [-0.1, -0.05) is 13.3 Å². The highest BCUT2D eigenvalue weighted by Gasteiger charge is 2.18. The van der Waals surface area contributed by atoms with Gasteiger partial charge in [0.05, 0.1) is 6.10 Å². The maximum Gasteiger partial charge on any atom is 0.124 e. The molecule has 1 aliphatic carbocycles. The van der Waals surface area contributed by atoms with E-state index < -0.39 is 0 Å². The number of benzene rings is 1. The van der Waals surface area contributed by atoms with E-state index in [1.807, 2.05) is 0 Å². The summed E-state index contributed by atoms with van der Waals surface area (Å²) in [6.45, 7) is 5.13. The first kappa shape index (κ1) is 15.3. The van der Waals surface area contributed by atoms with Crippen LogP contribution in [0.25, 0.3) is 0 Å². The highest BCUT2D eigenvalue weighted by molar-refractivity contribution is 5.36. The zero-order valence-electron chi connectivity index (χ0n) is 12.6. The molecule has 0 amide bonds. The van der Waals surface area contributed by atoms with Gasteiger partial charge < -0.3 is 10.1 Å². The van der Waals surface area contributed by atoms with Gasteiger partial charge in [-0.25, -0.2) is 4.39 Å². The van der Waals surface area contributed by atoms with Gasteiger partial charge in [0.1, 0.15) is 11.6 Å². The van der Waals surface area contributed by atoms with Gasteiger partial charge in [-0.3, -0.25) is 0 Å². The third-order valence-corrected chi connectivity index (χ3v) is 3.98. The quantitative estimate of drug-likeness (QED) is 0.822. The van der Waals surface area contributed by atoms with E-state index in [0.29, 0.717) is 6.10 Å². The smallest absolute Gasteiger partial charge is 0.124 e.